The molecular formula is C7H8BrNO4. The molecule has 1 atom stereocenters. The van der Waals surface area contributed by atoms with Crippen LogP contribution in [0.1, 0.15) is 13.3 Å². The molecule has 0 saturated carbocycles. The van der Waals surface area contributed by atoms with Crippen molar-refractivity contribution in [2.24, 2.45) is 0 Å². The molecular weight excluding hydrogens is 242 g/mol. The molecule has 0 N–H and O–H groups in total. The molecule has 0 aromatic heterocycles. The van der Waals surface area contributed by atoms with E-state index in [1.165, 1.54) is 0 Å². The summed E-state index contributed by atoms with van der Waals surface area (Å²) in [7, 11) is 0. The molecule has 0 bridgehead atoms. The number of imide groups is 3. The fourth-order valence-corrected chi connectivity index (χ4v) is 1.46. The SMILES string of the molecule is CCOC(=O)N1C(=O)CC(Br)C1=O. The van der Waals surface area contributed by atoms with E-state index in [1.807, 2.05) is 0 Å². The number of amides is 3. The third kappa shape index (κ3) is 1.88. The number of alkyl halides is 1. The summed E-state index contributed by atoms with van der Waals surface area (Å²) in [6, 6.07) is 0. The lowest BCUT2D eigenvalue weighted by Gasteiger charge is -2.10. The molecule has 1 saturated heterocycles. The quantitative estimate of drug-likeness (QED) is 0.506. The number of nitrogens with zero attached hydrogens (tertiary/aromatic N) is 1. The van der Waals surface area contributed by atoms with Crippen molar-refractivity contribution in [3.05, 3.63) is 0 Å². The number of halogens is 1. The minimum absolute atomic E-state index is 0.0116. The average molecular weight is 250 g/mol. The van der Waals surface area contributed by atoms with Crippen LogP contribution < -0.4 is 0 Å². The summed E-state index contributed by atoms with van der Waals surface area (Å²) in [6.07, 6.45) is -0.878. The highest BCUT2D eigenvalue weighted by Crippen LogP contribution is 2.20. The first-order valence-electron chi connectivity index (χ1n) is 3.75. The molecule has 1 aliphatic heterocycles. The summed E-state index contributed by atoms with van der Waals surface area (Å²) < 4.78 is 4.54. The molecule has 0 aromatic carbocycles. The van der Waals surface area contributed by atoms with Gasteiger partial charge in [0.2, 0.25) is 5.91 Å². The van der Waals surface area contributed by atoms with Crippen molar-refractivity contribution >= 4 is 33.8 Å². The summed E-state index contributed by atoms with van der Waals surface area (Å²) in [6.45, 7) is 1.75. The number of hydrogen-bond acceptors (Lipinski definition) is 4. The lowest BCUT2D eigenvalue weighted by molar-refractivity contribution is -0.135. The van der Waals surface area contributed by atoms with E-state index in [0.29, 0.717) is 4.90 Å². The second kappa shape index (κ2) is 3.87. The number of carbonyl (C=O) groups excluding carboxylic acids is 3. The Bertz CT molecular complexity index is 265. The van der Waals surface area contributed by atoms with E-state index in [4.69, 9.17) is 0 Å². The fraction of sp³-hybridized carbons (Fsp3) is 0.571. The molecule has 1 rings (SSSR count). The maximum atomic E-state index is 11.2. The summed E-state index contributed by atoms with van der Waals surface area (Å²) in [5.41, 5.74) is 0. The van der Waals surface area contributed by atoms with Crippen molar-refractivity contribution in [3.63, 3.8) is 0 Å². The smallest absolute Gasteiger partial charge is 0.423 e. The molecule has 0 aromatic rings. The van der Waals surface area contributed by atoms with Crippen molar-refractivity contribution in [1.82, 2.24) is 4.90 Å². The van der Waals surface area contributed by atoms with Gasteiger partial charge in [-0.15, -0.1) is 0 Å². The third-order valence-electron chi connectivity index (χ3n) is 1.54. The molecule has 0 spiro atoms. The van der Waals surface area contributed by atoms with Gasteiger partial charge in [-0.05, 0) is 6.92 Å². The Labute approximate surface area is 83.1 Å². The Morgan fingerprint density at radius 3 is 2.69 bits per heavy atom. The second-order valence-electron chi connectivity index (χ2n) is 2.44. The Morgan fingerprint density at radius 2 is 2.31 bits per heavy atom. The standard InChI is InChI=1S/C7H8BrNO4/c1-2-13-7(12)9-5(10)3-4(8)6(9)11/h4H,2-3H2,1H3. The first-order chi connectivity index (χ1) is 6.07. The van der Waals surface area contributed by atoms with Gasteiger partial charge in [-0.25, -0.2) is 4.79 Å². The number of likely N-dealkylation sites (tertiary alicyclic amines) is 1. The van der Waals surface area contributed by atoms with E-state index in [0.717, 1.165) is 0 Å². The predicted octanol–water partition coefficient (Wildman–Crippen LogP) is 0.665. The van der Waals surface area contributed by atoms with E-state index in [1.54, 1.807) is 6.92 Å². The molecule has 0 aliphatic carbocycles. The van der Waals surface area contributed by atoms with Gasteiger partial charge in [-0.2, -0.15) is 4.90 Å². The van der Waals surface area contributed by atoms with Crippen molar-refractivity contribution in [3.8, 4) is 0 Å². The Balaban J connectivity index is 2.74. The van der Waals surface area contributed by atoms with E-state index in [2.05, 4.69) is 20.7 Å². The number of ether oxygens (including phenoxy) is 1. The fourth-order valence-electron chi connectivity index (χ4n) is 0.975. The first kappa shape index (κ1) is 10.2. The van der Waals surface area contributed by atoms with Crippen molar-refractivity contribution in [1.29, 1.82) is 0 Å². The molecule has 1 fully saturated rings. The highest BCUT2D eigenvalue weighted by atomic mass is 79.9. The largest absolute Gasteiger partial charge is 0.449 e. The van der Waals surface area contributed by atoms with Gasteiger partial charge in [0.05, 0.1) is 6.61 Å². The minimum atomic E-state index is -0.889. The van der Waals surface area contributed by atoms with Crippen molar-refractivity contribution < 1.29 is 19.1 Å². The van der Waals surface area contributed by atoms with Gasteiger partial charge in [0.1, 0.15) is 4.83 Å². The summed E-state index contributed by atoms with van der Waals surface area (Å²) in [5.74, 6) is -1.08. The lowest BCUT2D eigenvalue weighted by Crippen LogP contribution is -2.37. The van der Waals surface area contributed by atoms with Crippen LogP contribution in [-0.2, 0) is 14.3 Å². The van der Waals surface area contributed by atoms with Crippen LogP contribution in [-0.4, -0.2) is 34.2 Å². The van der Waals surface area contributed by atoms with Gasteiger partial charge in [-0.3, -0.25) is 9.59 Å². The van der Waals surface area contributed by atoms with Crippen LogP contribution in [0, 0.1) is 0 Å². The zero-order valence-electron chi connectivity index (χ0n) is 6.95. The molecule has 72 valence electrons. The maximum absolute atomic E-state index is 11.2. The van der Waals surface area contributed by atoms with Gasteiger partial charge in [-0.1, -0.05) is 15.9 Å². The van der Waals surface area contributed by atoms with E-state index in [9.17, 15) is 14.4 Å². The molecule has 1 aliphatic rings. The molecule has 1 unspecified atom stereocenters. The maximum Gasteiger partial charge on any atom is 0.423 e. The van der Waals surface area contributed by atoms with Gasteiger partial charge in [0.15, 0.2) is 0 Å². The Kier molecular flexibility index (Phi) is 3.02. The van der Waals surface area contributed by atoms with Crippen molar-refractivity contribution in [2.45, 2.75) is 18.2 Å². The topological polar surface area (TPSA) is 63.7 Å². The molecule has 3 amide bonds. The highest BCUT2D eigenvalue weighted by Gasteiger charge is 2.41. The average Bonchev–Trinajstić information content (AvgIpc) is 2.27. The van der Waals surface area contributed by atoms with Gasteiger partial charge < -0.3 is 4.74 Å². The van der Waals surface area contributed by atoms with Crippen LogP contribution in [0.4, 0.5) is 4.79 Å². The Morgan fingerprint density at radius 1 is 1.69 bits per heavy atom. The number of rotatable bonds is 1. The summed E-state index contributed by atoms with van der Waals surface area (Å²) >= 11 is 2.98. The van der Waals surface area contributed by atoms with Crippen molar-refractivity contribution in [2.75, 3.05) is 6.61 Å². The van der Waals surface area contributed by atoms with Crippen LogP contribution in [0.25, 0.3) is 0 Å². The normalized spacial score (nSPS) is 22.3. The monoisotopic (exact) mass is 249 g/mol. The predicted molar refractivity (Wildman–Crippen MR) is 46.2 cm³/mol. The summed E-state index contributed by atoms with van der Waals surface area (Å²) in [5, 5.41) is 0. The molecule has 0 radical (unpaired) electrons. The third-order valence-corrected chi connectivity index (χ3v) is 2.26. The van der Waals surface area contributed by atoms with Gasteiger partial charge in [0, 0.05) is 6.42 Å². The molecule has 5 nitrogen and oxygen atoms in total. The molecule has 6 heteroatoms. The highest BCUT2D eigenvalue weighted by molar-refractivity contribution is 9.10. The van der Waals surface area contributed by atoms with Crippen LogP contribution in [0.2, 0.25) is 0 Å². The zero-order valence-corrected chi connectivity index (χ0v) is 8.54. The summed E-state index contributed by atoms with van der Waals surface area (Å²) in [4.78, 5) is 33.3. The first-order valence-corrected chi connectivity index (χ1v) is 4.67. The zero-order chi connectivity index (χ0) is 10.0. The van der Waals surface area contributed by atoms with E-state index >= 15 is 0 Å². The lowest BCUT2D eigenvalue weighted by atomic mass is 10.4. The van der Waals surface area contributed by atoms with Crippen LogP contribution in [0.3, 0.4) is 0 Å². The minimum Gasteiger partial charge on any atom is -0.449 e. The van der Waals surface area contributed by atoms with Gasteiger partial charge in [0.25, 0.3) is 5.91 Å². The van der Waals surface area contributed by atoms with Crippen LogP contribution in [0.15, 0.2) is 0 Å². The van der Waals surface area contributed by atoms with E-state index in [-0.39, 0.29) is 13.0 Å². The molecule has 1 heterocycles. The molecule has 13 heavy (non-hydrogen) atoms. The van der Waals surface area contributed by atoms with Gasteiger partial charge >= 0.3 is 6.09 Å². The number of hydrogen-bond donors (Lipinski definition) is 0. The van der Waals surface area contributed by atoms with Crippen LogP contribution in [0.5, 0.6) is 0 Å². The van der Waals surface area contributed by atoms with E-state index < -0.39 is 22.7 Å². The number of carbonyl (C=O) groups is 3. The van der Waals surface area contributed by atoms with Crippen LogP contribution >= 0.6 is 15.9 Å². The second-order valence-corrected chi connectivity index (χ2v) is 3.54. The Hall–Kier alpha value is -0.910.